The number of hydrogen-bond donors (Lipinski definition) is 1. The molecule has 0 bridgehead atoms. The number of hydrogen-bond acceptors (Lipinski definition) is 7. The summed E-state index contributed by atoms with van der Waals surface area (Å²) >= 11 is 0. The smallest absolute Gasteiger partial charge is 0.340 e. The van der Waals surface area contributed by atoms with E-state index in [-0.39, 0.29) is 22.8 Å². The summed E-state index contributed by atoms with van der Waals surface area (Å²) in [5, 5.41) is 0. The van der Waals surface area contributed by atoms with E-state index in [1.165, 1.54) is 16.4 Å². The van der Waals surface area contributed by atoms with Crippen LogP contribution in [0.3, 0.4) is 0 Å². The summed E-state index contributed by atoms with van der Waals surface area (Å²) in [4.78, 5) is 17.0. The van der Waals surface area contributed by atoms with Crippen LogP contribution in [0.1, 0.15) is 23.1 Å². The number of benzene rings is 2. The highest BCUT2D eigenvalue weighted by atomic mass is 32.2. The number of sulfonamides is 1. The summed E-state index contributed by atoms with van der Waals surface area (Å²) < 4.78 is 52.9. The van der Waals surface area contributed by atoms with Crippen LogP contribution >= 0.6 is 0 Å². The lowest BCUT2D eigenvalue weighted by Crippen LogP contribution is -2.40. The van der Waals surface area contributed by atoms with Crippen LogP contribution in [-0.2, 0) is 32.6 Å². The van der Waals surface area contributed by atoms with Crippen LogP contribution in [0.4, 0.5) is 10.1 Å². The summed E-state index contributed by atoms with van der Waals surface area (Å²) in [6, 6.07) is 8.21. The molecule has 2 heterocycles. The number of halogens is 1. The first-order valence-corrected chi connectivity index (χ1v) is 11.5. The number of nitrogen functional groups attached to an aromatic ring is 1. The standard InChI is InChI=1S/C21H23FN4O5S/c1-2-26-19-6-4-15(32(28,29)25-7-9-30-10-8-25)12-18(19)24-20(26)13-31-21(27)16-5-3-14(22)11-17(16)23/h3-6,11-12H,2,7-10,13,23H2,1H3. The van der Waals surface area contributed by atoms with Crippen LogP contribution in [-0.4, -0.2) is 54.5 Å². The van der Waals surface area contributed by atoms with E-state index in [2.05, 4.69) is 4.98 Å². The molecule has 0 radical (unpaired) electrons. The Hall–Kier alpha value is -3.02. The van der Waals surface area contributed by atoms with Gasteiger partial charge >= 0.3 is 5.97 Å². The zero-order valence-electron chi connectivity index (χ0n) is 17.5. The zero-order chi connectivity index (χ0) is 22.9. The second-order valence-electron chi connectivity index (χ2n) is 7.25. The molecule has 1 aromatic heterocycles. The van der Waals surface area contributed by atoms with Crippen LogP contribution in [0.5, 0.6) is 0 Å². The molecule has 0 aliphatic carbocycles. The van der Waals surface area contributed by atoms with Crippen molar-refractivity contribution in [2.24, 2.45) is 0 Å². The van der Waals surface area contributed by atoms with E-state index >= 15 is 0 Å². The van der Waals surface area contributed by atoms with E-state index in [0.29, 0.717) is 44.2 Å². The molecular formula is C21H23FN4O5S. The number of nitrogens with two attached hydrogens (primary N) is 1. The summed E-state index contributed by atoms with van der Waals surface area (Å²) in [6.45, 7) is 3.62. The number of aromatic nitrogens is 2. The normalized spacial score (nSPS) is 15.2. The lowest BCUT2D eigenvalue weighted by atomic mass is 10.2. The van der Waals surface area contributed by atoms with Gasteiger partial charge in [0.15, 0.2) is 0 Å². The van der Waals surface area contributed by atoms with E-state index in [0.717, 1.165) is 17.6 Å². The first-order chi connectivity index (χ1) is 15.3. The monoisotopic (exact) mass is 462 g/mol. The van der Waals surface area contributed by atoms with Gasteiger partial charge in [-0.25, -0.2) is 22.6 Å². The first kappa shape index (κ1) is 22.2. The Labute approximate surface area is 184 Å². The number of ether oxygens (including phenoxy) is 2. The van der Waals surface area contributed by atoms with E-state index in [1.807, 2.05) is 11.5 Å². The minimum absolute atomic E-state index is 0.0167. The third kappa shape index (κ3) is 4.18. The van der Waals surface area contributed by atoms with Gasteiger partial charge < -0.3 is 19.8 Å². The van der Waals surface area contributed by atoms with Gasteiger partial charge in [0.25, 0.3) is 0 Å². The Morgan fingerprint density at radius 3 is 2.66 bits per heavy atom. The quantitative estimate of drug-likeness (QED) is 0.441. The molecule has 11 heteroatoms. The fraction of sp³-hybridized carbons (Fsp3) is 0.333. The number of aryl methyl sites for hydroxylation is 1. The Morgan fingerprint density at radius 2 is 1.97 bits per heavy atom. The van der Waals surface area contributed by atoms with Crippen molar-refractivity contribution >= 4 is 32.7 Å². The average molecular weight is 463 g/mol. The highest BCUT2D eigenvalue weighted by molar-refractivity contribution is 7.89. The molecule has 1 fully saturated rings. The number of carbonyl (C=O) groups excluding carboxylic acids is 1. The molecule has 4 rings (SSSR count). The SMILES string of the molecule is CCn1c(COC(=O)c2ccc(F)cc2N)nc2cc(S(=O)(=O)N3CCOCC3)ccc21. The molecule has 9 nitrogen and oxygen atoms in total. The molecule has 1 aliphatic rings. The number of nitrogens with zero attached hydrogens (tertiary/aromatic N) is 3. The van der Waals surface area contributed by atoms with Crippen molar-refractivity contribution in [3.63, 3.8) is 0 Å². The van der Waals surface area contributed by atoms with Crippen molar-refractivity contribution < 1.29 is 27.1 Å². The highest BCUT2D eigenvalue weighted by Crippen LogP contribution is 2.24. The van der Waals surface area contributed by atoms with Crippen LogP contribution in [0.2, 0.25) is 0 Å². The van der Waals surface area contributed by atoms with Gasteiger partial charge in [0.1, 0.15) is 18.2 Å². The van der Waals surface area contributed by atoms with E-state index in [1.54, 1.807) is 12.1 Å². The maximum atomic E-state index is 13.2. The molecule has 0 amide bonds. The van der Waals surface area contributed by atoms with Gasteiger partial charge in [-0.1, -0.05) is 0 Å². The molecule has 1 aliphatic heterocycles. The number of fused-ring (bicyclic) bond motifs is 1. The van der Waals surface area contributed by atoms with Gasteiger partial charge in [-0.2, -0.15) is 4.31 Å². The first-order valence-electron chi connectivity index (χ1n) is 10.1. The predicted octanol–water partition coefficient (Wildman–Crippen LogP) is 2.16. The summed E-state index contributed by atoms with van der Waals surface area (Å²) in [5.41, 5.74) is 6.94. The van der Waals surface area contributed by atoms with Crippen molar-refractivity contribution in [3.05, 3.63) is 53.6 Å². The topological polar surface area (TPSA) is 117 Å². The number of esters is 1. The second-order valence-corrected chi connectivity index (χ2v) is 9.18. The Morgan fingerprint density at radius 1 is 1.22 bits per heavy atom. The lowest BCUT2D eigenvalue weighted by molar-refractivity contribution is 0.0460. The summed E-state index contributed by atoms with van der Waals surface area (Å²) in [7, 11) is -3.66. The van der Waals surface area contributed by atoms with E-state index < -0.39 is 21.8 Å². The molecule has 2 N–H and O–H groups in total. The molecule has 32 heavy (non-hydrogen) atoms. The minimum atomic E-state index is -3.66. The van der Waals surface area contributed by atoms with Gasteiger partial charge in [-0.15, -0.1) is 0 Å². The minimum Gasteiger partial charge on any atom is -0.454 e. The van der Waals surface area contributed by atoms with Crippen molar-refractivity contribution in [1.29, 1.82) is 0 Å². The zero-order valence-corrected chi connectivity index (χ0v) is 18.3. The average Bonchev–Trinajstić information content (AvgIpc) is 3.14. The Bertz CT molecular complexity index is 1270. The number of carbonyl (C=O) groups is 1. The van der Waals surface area contributed by atoms with Crippen molar-refractivity contribution in [1.82, 2.24) is 13.9 Å². The molecule has 0 spiro atoms. The third-order valence-electron chi connectivity index (χ3n) is 5.29. The van der Waals surface area contributed by atoms with Crippen molar-refractivity contribution in [3.8, 4) is 0 Å². The number of anilines is 1. The fourth-order valence-electron chi connectivity index (χ4n) is 3.65. The van der Waals surface area contributed by atoms with Crippen LogP contribution in [0.15, 0.2) is 41.3 Å². The predicted molar refractivity (Wildman–Crippen MR) is 115 cm³/mol. The molecule has 2 aromatic carbocycles. The third-order valence-corrected chi connectivity index (χ3v) is 7.18. The lowest BCUT2D eigenvalue weighted by Gasteiger charge is -2.26. The molecule has 3 aromatic rings. The number of rotatable bonds is 6. The molecule has 1 saturated heterocycles. The van der Waals surface area contributed by atoms with Gasteiger partial charge in [0.2, 0.25) is 10.0 Å². The van der Waals surface area contributed by atoms with Gasteiger partial charge in [0, 0.05) is 25.3 Å². The van der Waals surface area contributed by atoms with E-state index in [4.69, 9.17) is 15.2 Å². The van der Waals surface area contributed by atoms with Gasteiger partial charge in [0.05, 0.1) is 34.7 Å². The number of imidazole rings is 1. The van der Waals surface area contributed by atoms with Crippen LogP contribution in [0, 0.1) is 5.82 Å². The largest absolute Gasteiger partial charge is 0.454 e. The Balaban J connectivity index is 1.59. The van der Waals surface area contributed by atoms with Gasteiger partial charge in [-0.05, 0) is 43.3 Å². The van der Waals surface area contributed by atoms with E-state index in [9.17, 15) is 17.6 Å². The second kappa shape index (κ2) is 8.85. The van der Waals surface area contributed by atoms with Crippen molar-refractivity contribution in [2.45, 2.75) is 25.0 Å². The Kier molecular flexibility index (Phi) is 6.13. The maximum absolute atomic E-state index is 13.2. The molecular weight excluding hydrogens is 439 g/mol. The van der Waals surface area contributed by atoms with Crippen molar-refractivity contribution in [2.75, 3.05) is 32.0 Å². The molecule has 0 atom stereocenters. The van der Waals surface area contributed by atoms with Crippen LogP contribution in [0.25, 0.3) is 11.0 Å². The summed E-state index contributed by atoms with van der Waals surface area (Å²) in [6.07, 6.45) is 0. The van der Waals surface area contributed by atoms with Gasteiger partial charge in [-0.3, -0.25) is 0 Å². The number of morpholine rings is 1. The summed E-state index contributed by atoms with van der Waals surface area (Å²) in [5.74, 6) is -0.792. The molecule has 0 saturated carbocycles. The van der Waals surface area contributed by atoms with Crippen LogP contribution < -0.4 is 5.73 Å². The molecule has 170 valence electrons. The highest BCUT2D eigenvalue weighted by Gasteiger charge is 2.27. The molecule has 0 unspecified atom stereocenters. The fourth-order valence-corrected chi connectivity index (χ4v) is 5.07. The maximum Gasteiger partial charge on any atom is 0.340 e.